The van der Waals surface area contributed by atoms with Crippen LogP contribution in [0.15, 0.2) is 65.8 Å². The molecule has 0 aliphatic carbocycles. The summed E-state index contributed by atoms with van der Waals surface area (Å²) in [4.78, 5) is 12.9. The van der Waals surface area contributed by atoms with E-state index in [0.717, 1.165) is 11.4 Å². The number of hydroxylamine groups is 1. The lowest BCUT2D eigenvalue weighted by atomic mass is 10.2. The molecule has 7 heteroatoms. The summed E-state index contributed by atoms with van der Waals surface area (Å²) in [6, 6.07) is 15.4. The van der Waals surface area contributed by atoms with Crippen molar-refractivity contribution in [2.75, 3.05) is 0 Å². The topological polar surface area (TPSA) is 79.6 Å². The van der Waals surface area contributed by atoms with Gasteiger partial charge in [-0.25, -0.2) is 9.37 Å². The largest absolute Gasteiger partial charge is 0.472 e. The van der Waals surface area contributed by atoms with Gasteiger partial charge in [0, 0.05) is 17.5 Å². The van der Waals surface area contributed by atoms with Crippen molar-refractivity contribution in [3.8, 4) is 5.88 Å². The van der Waals surface area contributed by atoms with Crippen molar-refractivity contribution in [1.82, 2.24) is 15.4 Å². The summed E-state index contributed by atoms with van der Waals surface area (Å²) in [5.41, 5.74) is 4.44. The third-order valence-corrected chi connectivity index (χ3v) is 3.81. The summed E-state index contributed by atoms with van der Waals surface area (Å²) in [6.45, 7) is 2.09. The minimum atomic E-state index is -0.351. The van der Waals surface area contributed by atoms with Crippen LogP contribution in [0, 0.1) is 12.7 Å². The first kappa shape index (κ1) is 18.5. The molecule has 0 atom stereocenters. The van der Waals surface area contributed by atoms with Crippen LogP contribution in [0.25, 0.3) is 0 Å². The van der Waals surface area contributed by atoms with Gasteiger partial charge in [-0.1, -0.05) is 24.3 Å². The van der Waals surface area contributed by atoms with Gasteiger partial charge in [0.25, 0.3) is 0 Å². The van der Waals surface area contributed by atoms with Crippen LogP contribution in [-0.2, 0) is 13.2 Å². The van der Waals surface area contributed by atoms with Gasteiger partial charge >= 0.3 is 0 Å². The normalized spacial score (nSPS) is 11.3. The summed E-state index contributed by atoms with van der Waals surface area (Å²) in [5.74, 6) is 0.0901. The second-order valence-electron chi connectivity index (χ2n) is 5.78. The molecule has 0 spiro atoms. The molecule has 0 aliphatic rings. The Morgan fingerprint density at radius 2 is 1.96 bits per heavy atom. The fourth-order valence-electron chi connectivity index (χ4n) is 2.42. The molecule has 0 unspecified atom stereocenters. The maximum absolute atomic E-state index is 13.8. The van der Waals surface area contributed by atoms with Crippen LogP contribution >= 0.6 is 0 Å². The molecule has 0 aliphatic heterocycles. The van der Waals surface area contributed by atoms with E-state index in [2.05, 4.69) is 20.4 Å². The van der Waals surface area contributed by atoms with Crippen molar-refractivity contribution in [2.45, 2.75) is 20.1 Å². The minimum Gasteiger partial charge on any atom is -0.472 e. The lowest BCUT2D eigenvalue weighted by molar-refractivity contribution is 0.233. The smallest absolute Gasteiger partial charge is 0.225 e. The van der Waals surface area contributed by atoms with E-state index in [0.29, 0.717) is 11.1 Å². The number of nitrogens with zero attached hydrogens (tertiary/aromatic N) is 3. The Kier molecular flexibility index (Phi) is 6.06. The monoisotopic (exact) mass is 366 g/mol. The Morgan fingerprint density at radius 1 is 1.15 bits per heavy atom. The first-order valence-electron chi connectivity index (χ1n) is 8.36. The Hall–Kier alpha value is -3.32. The quantitative estimate of drug-likeness (QED) is 0.397. The highest BCUT2D eigenvalue weighted by molar-refractivity contribution is 6.00. The van der Waals surface area contributed by atoms with Gasteiger partial charge in [0.15, 0.2) is 5.84 Å². The van der Waals surface area contributed by atoms with Crippen LogP contribution in [0.5, 0.6) is 5.88 Å². The molecule has 2 aromatic heterocycles. The average Bonchev–Trinajstić information content (AvgIpc) is 2.70. The molecule has 0 amide bonds. The van der Waals surface area contributed by atoms with Crippen molar-refractivity contribution in [1.29, 1.82) is 0 Å². The van der Waals surface area contributed by atoms with Crippen LogP contribution in [0.3, 0.4) is 0 Å². The highest BCUT2D eigenvalue weighted by Crippen LogP contribution is 2.19. The number of benzene rings is 1. The number of rotatable bonds is 6. The van der Waals surface area contributed by atoms with Crippen molar-refractivity contribution in [3.05, 3.63) is 89.1 Å². The molecule has 0 saturated carbocycles. The predicted octanol–water partition coefficient (Wildman–Crippen LogP) is 3.43. The van der Waals surface area contributed by atoms with Gasteiger partial charge in [0.05, 0.1) is 17.8 Å². The van der Waals surface area contributed by atoms with Crippen LogP contribution in [0.2, 0.25) is 0 Å². The van der Waals surface area contributed by atoms with Crippen molar-refractivity contribution in [2.24, 2.45) is 4.99 Å². The summed E-state index contributed by atoms with van der Waals surface area (Å²) in [6.07, 6.45) is 1.67. The van der Waals surface area contributed by atoms with E-state index in [9.17, 15) is 9.60 Å². The average molecular weight is 366 g/mol. The highest BCUT2D eigenvalue weighted by atomic mass is 19.1. The number of halogens is 1. The molecule has 0 fully saturated rings. The zero-order valence-corrected chi connectivity index (χ0v) is 14.8. The van der Waals surface area contributed by atoms with Crippen LogP contribution < -0.4 is 10.2 Å². The van der Waals surface area contributed by atoms with Crippen molar-refractivity contribution >= 4 is 5.84 Å². The SMILES string of the molecule is Cc1ccc(C(=NCc2ccccn2)NO)c(OCc2ccccc2F)n1. The Morgan fingerprint density at radius 3 is 2.70 bits per heavy atom. The number of hydrogen-bond acceptors (Lipinski definition) is 5. The summed E-state index contributed by atoms with van der Waals surface area (Å²) in [5, 5.41) is 9.54. The summed E-state index contributed by atoms with van der Waals surface area (Å²) in [7, 11) is 0. The Bertz CT molecular complexity index is 932. The number of aliphatic imine (C=N–C) groups is 1. The van der Waals surface area contributed by atoms with E-state index >= 15 is 0 Å². The van der Waals surface area contributed by atoms with Gasteiger partial charge in [0.2, 0.25) is 5.88 Å². The van der Waals surface area contributed by atoms with Gasteiger partial charge in [-0.05, 0) is 37.3 Å². The zero-order chi connectivity index (χ0) is 19.1. The van der Waals surface area contributed by atoms with E-state index in [1.165, 1.54) is 6.07 Å². The van der Waals surface area contributed by atoms with Gasteiger partial charge < -0.3 is 4.74 Å². The molecule has 0 saturated heterocycles. The fraction of sp³-hybridized carbons (Fsp3) is 0.150. The molecule has 3 rings (SSSR count). The lowest BCUT2D eigenvalue weighted by Crippen LogP contribution is -2.22. The predicted molar refractivity (Wildman–Crippen MR) is 99.1 cm³/mol. The van der Waals surface area contributed by atoms with Gasteiger partial charge in [-0.15, -0.1) is 0 Å². The number of nitrogens with one attached hydrogen (secondary N) is 1. The molecule has 2 heterocycles. The summed E-state index contributed by atoms with van der Waals surface area (Å²) < 4.78 is 19.5. The lowest BCUT2D eigenvalue weighted by Gasteiger charge is -2.13. The Balaban J connectivity index is 1.84. The highest BCUT2D eigenvalue weighted by Gasteiger charge is 2.13. The Labute approximate surface area is 156 Å². The number of aryl methyl sites for hydroxylation is 1. The minimum absolute atomic E-state index is 0.00900. The van der Waals surface area contributed by atoms with Crippen molar-refractivity contribution < 1.29 is 14.3 Å². The third-order valence-electron chi connectivity index (χ3n) is 3.81. The second-order valence-corrected chi connectivity index (χ2v) is 5.78. The van der Waals surface area contributed by atoms with E-state index in [4.69, 9.17) is 4.74 Å². The van der Waals surface area contributed by atoms with Crippen LogP contribution in [0.1, 0.15) is 22.5 Å². The summed E-state index contributed by atoms with van der Waals surface area (Å²) >= 11 is 0. The fourth-order valence-corrected chi connectivity index (χ4v) is 2.42. The molecular formula is C20H19FN4O2. The van der Waals surface area contributed by atoms with E-state index in [1.807, 2.05) is 25.1 Å². The molecule has 0 radical (unpaired) electrons. The molecule has 0 bridgehead atoms. The van der Waals surface area contributed by atoms with Gasteiger partial charge in [-0.3, -0.25) is 20.7 Å². The van der Waals surface area contributed by atoms with Gasteiger partial charge in [-0.2, -0.15) is 0 Å². The first-order valence-corrected chi connectivity index (χ1v) is 8.36. The maximum Gasteiger partial charge on any atom is 0.225 e. The molecule has 27 heavy (non-hydrogen) atoms. The van der Waals surface area contributed by atoms with Gasteiger partial charge in [0.1, 0.15) is 12.4 Å². The van der Waals surface area contributed by atoms with E-state index in [-0.39, 0.29) is 30.7 Å². The molecule has 138 valence electrons. The number of amidine groups is 1. The molecule has 6 nitrogen and oxygen atoms in total. The third kappa shape index (κ3) is 4.86. The number of hydrogen-bond donors (Lipinski definition) is 2. The maximum atomic E-state index is 13.8. The van der Waals surface area contributed by atoms with E-state index in [1.54, 1.807) is 36.5 Å². The molecule has 1 aromatic carbocycles. The number of pyridine rings is 2. The number of aromatic nitrogens is 2. The number of ether oxygens (including phenoxy) is 1. The first-order chi connectivity index (χ1) is 13.2. The zero-order valence-electron chi connectivity index (χ0n) is 14.8. The second kappa shape index (κ2) is 8.86. The molecule has 2 N–H and O–H groups in total. The van der Waals surface area contributed by atoms with Crippen LogP contribution in [0.4, 0.5) is 4.39 Å². The van der Waals surface area contributed by atoms with E-state index < -0.39 is 0 Å². The van der Waals surface area contributed by atoms with Crippen molar-refractivity contribution in [3.63, 3.8) is 0 Å². The van der Waals surface area contributed by atoms with Crippen LogP contribution in [-0.4, -0.2) is 21.0 Å². The molecular weight excluding hydrogens is 347 g/mol. The standard InChI is InChI=1S/C20H19FN4O2/c1-14-9-10-17(19(25-26)23-12-16-7-4-5-11-22-16)20(24-14)27-13-15-6-2-3-8-18(15)21/h2-11,26H,12-13H2,1H3,(H,23,25). The molecule has 3 aromatic rings.